The highest BCUT2D eigenvalue weighted by Gasteiger charge is 2.25. The lowest BCUT2D eigenvalue weighted by Gasteiger charge is -2.32. The molecule has 2 fully saturated rings. The maximum absolute atomic E-state index is 12.0. The number of carbonyl (C=O) groups excluding carboxylic acids is 1. The summed E-state index contributed by atoms with van der Waals surface area (Å²) in [7, 11) is 0. The zero-order valence-corrected chi connectivity index (χ0v) is 9.12. The summed E-state index contributed by atoms with van der Waals surface area (Å²) in [6.07, 6.45) is 1.40. The van der Waals surface area contributed by atoms with Gasteiger partial charge in [-0.2, -0.15) is 0 Å². The van der Waals surface area contributed by atoms with Crippen LogP contribution in [-0.2, 0) is 4.79 Å². The highest BCUT2D eigenvalue weighted by molar-refractivity contribution is 5.94. The SMILES string of the molecule is CC(C(=O)N1CCC[C@H](O)C1)=C1CNC1. The number of nitrogens with zero attached hydrogens (tertiary/aromatic N) is 1. The topological polar surface area (TPSA) is 52.6 Å². The van der Waals surface area contributed by atoms with E-state index in [1.54, 1.807) is 4.90 Å². The zero-order chi connectivity index (χ0) is 10.8. The van der Waals surface area contributed by atoms with Gasteiger partial charge in [-0.3, -0.25) is 4.79 Å². The van der Waals surface area contributed by atoms with Gasteiger partial charge in [0.05, 0.1) is 6.10 Å². The fourth-order valence-electron chi connectivity index (χ4n) is 2.04. The molecule has 2 saturated heterocycles. The Hall–Kier alpha value is -0.870. The predicted molar refractivity (Wildman–Crippen MR) is 57.4 cm³/mol. The third-order valence-electron chi connectivity index (χ3n) is 3.21. The summed E-state index contributed by atoms with van der Waals surface area (Å²) in [5.41, 5.74) is 2.07. The van der Waals surface area contributed by atoms with Crippen LogP contribution in [0.2, 0.25) is 0 Å². The number of aliphatic hydroxyl groups is 1. The van der Waals surface area contributed by atoms with E-state index in [9.17, 15) is 9.90 Å². The van der Waals surface area contributed by atoms with E-state index in [1.807, 2.05) is 6.92 Å². The van der Waals surface area contributed by atoms with E-state index in [0.29, 0.717) is 6.54 Å². The second kappa shape index (κ2) is 4.33. The molecular formula is C11H18N2O2. The van der Waals surface area contributed by atoms with Crippen LogP contribution < -0.4 is 5.32 Å². The Morgan fingerprint density at radius 2 is 2.27 bits per heavy atom. The molecule has 84 valence electrons. The standard InChI is InChI=1S/C11H18N2O2/c1-8(9-5-12-6-9)11(15)13-4-2-3-10(14)7-13/h10,12,14H,2-7H2,1H3/t10-/m0/s1. The number of hydrogen-bond acceptors (Lipinski definition) is 3. The van der Waals surface area contributed by atoms with Crippen LogP contribution in [0.5, 0.6) is 0 Å². The molecule has 2 rings (SSSR count). The van der Waals surface area contributed by atoms with E-state index in [4.69, 9.17) is 0 Å². The smallest absolute Gasteiger partial charge is 0.249 e. The second-order valence-corrected chi connectivity index (χ2v) is 4.38. The summed E-state index contributed by atoms with van der Waals surface area (Å²) < 4.78 is 0. The van der Waals surface area contributed by atoms with Crippen molar-refractivity contribution < 1.29 is 9.90 Å². The van der Waals surface area contributed by atoms with Crippen molar-refractivity contribution >= 4 is 5.91 Å². The maximum atomic E-state index is 12.0. The molecule has 0 aromatic rings. The highest BCUT2D eigenvalue weighted by atomic mass is 16.3. The lowest BCUT2D eigenvalue weighted by molar-refractivity contribution is -0.130. The molecular weight excluding hydrogens is 192 g/mol. The fourth-order valence-corrected chi connectivity index (χ4v) is 2.04. The van der Waals surface area contributed by atoms with E-state index in [-0.39, 0.29) is 12.0 Å². The molecule has 1 amide bonds. The zero-order valence-electron chi connectivity index (χ0n) is 9.12. The lowest BCUT2D eigenvalue weighted by atomic mass is 10.0. The Balaban J connectivity index is 2.00. The summed E-state index contributed by atoms with van der Waals surface area (Å²) in [5, 5.41) is 12.6. The molecule has 0 aromatic carbocycles. The number of hydrogen-bond donors (Lipinski definition) is 2. The van der Waals surface area contributed by atoms with Gasteiger partial charge in [-0.15, -0.1) is 0 Å². The molecule has 0 aromatic heterocycles. The predicted octanol–water partition coefficient (Wildman–Crippen LogP) is -0.111. The average molecular weight is 210 g/mol. The Morgan fingerprint density at radius 3 is 2.80 bits per heavy atom. The van der Waals surface area contributed by atoms with E-state index in [1.165, 1.54) is 5.57 Å². The molecule has 4 heteroatoms. The van der Waals surface area contributed by atoms with E-state index < -0.39 is 0 Å². The quantitative estimate of drug-likeness (QED) is 0.594. The minimum absolute atomic E-state index is 0.102. The molecule has 0 spiro atoms. The van der Waals surface area contributed by atoms with E-state index in [2.05, 4.69) is 5.32 Å². The van der Waals surface area contributed by atoms with Gasteiger partial charge in [-0.05, 0) is 25.3 Å². The normalized spacial score (nSPS) is 26.1. The molecule has 2 aliphatic rings. The summed E-state index contributed by atoms with van der Waals surface area (Å²) in [6.45, 7) is 4.85. The van der Waals surface area contributed by atoms with Crippen molar-refractivity contribution in [3.05, 3.63) is 11.1 Å². The van der Waals surface area contributed by atoms with Crippen LogP contribution >= 0.6 is 0 Å². The van der Waals surface area contributed by atoms with Gasteiger partial charge in [-0.25, -0.2) is 0 Å². The van der Waals surface area contributed by atoms with E-state index in [0.717, 1.165) is 38.0 Å². The van der Waals surface area contributed by atoms with Crippen molar-refractivity contribution in [1.82, 2.24) is 10.2 Å². The maximum Gasteiger partial charge on any atom is 0.249 e. The van der Waals surface area contributed by atoms with Crippen molar-refractivity contribution in [3.63, 3.8) is 0 Å². The van der Waals surface area contributed by atoms with Gasteiger partial charge >= 0.3 is 0 Å². The van der Waals surface area contributed by atoms with Gasteiger partial charge in [-0.1, -0.05) is 0 Å². The Morgan fingerprint density at radius 1 is 1.53 bits per heavy atom. The largest absolute Gasteiger partial charge is 0.391 e. The number of β-amino-alcohol motifs (C(OH)–C–C–N with tert-alkyl or cyclic N) is 1. The molecule has 0 unspecified atom stereocenters. The number of aliphatic hydroxyl groups excluding tert-OH is 1. The molecule has 0 aliphatic carbocycles. The van der Waals surface area contributed by atoms with Crippen LogP contribution in [0.15, 0.2) is 11.1 Å². The van der Waals surface area contributed by atoms with Gasteiger partial charge in [0.25, 0.3) is 0 Å². The third-order valence-corrected chi connectivity index (χ3v) is 3.21. The highest BCUT2D eigenvalue weighted by Crippen LogP contribution is 2.16. The van der Waals surface area contributed by atoms with Crippen LogP contribution in [0.4, 0.5) is 0 Å². The van der Waals surface area contributed by atoms with E-state index >= 15 is 0 Å². The average Bonchev–Trinajstić information content (AvgIpc) is 2.14. The molecule has 2 aliphatic heterocycles. The Labute approximate surface area is 90.0 Å². The van der Waals surface area contributed by atoms with Crippen molar-refractivity contribution in [1.29, 1.82) is 0 Å². The summed E-state index contributed by atoms with van der Waals surface area (Å²) >= 11 is 0. The number of carbonyl (C=O) groups is 1. The van der Waals surface area contributed by atoms with Crippen LogP contribution in [0.3, 0.4) is 0 Å². The van der Waals surface area contributed by atoms with Crippen molar-refractivity contribution in [2.24, 2.45) is 0 Å². The molecule has 4 nitrogen and oxygen atoms in total. The van der Waals surface area contributed by atoms with Crippen molar-refractivity contribution in [2.45, 2.75) is 25.9 Å². The molecule has 1 atom stereocenters. The van der Waals surface area contributed by atoms with Crippen LogP contribution in [0.25, 0.3) is 0 Å². The number of amides is 1. The first kappa shape index (κ1) is 10.6. The Bertz CT molecular complexity index is 293. The summed E-state index contributed by atoms with van der Waals surface area (Å²) in [5.74, 6) is 0.102. The molecule has 0 bridgehead atoms. The van der Waals surface area contributed by atoms with Crippen molar-refractivity contribution in [2.75, 3.05) is 26.2 Å². The van der Waals surface area contributed by atoms with Crippen LogP contribution in [0, 0.1) is 0 Å². The fraction of sp³-hybridized carbons (Fsp3) is 0.727. The van der Waals surface area contributed by atoms with Gasteiger partial charge in [0.1, 0.15) is 0 Å². The monoisotopic (exact) mass is 210 g/mol. The van der Waals surface area contributed by atoms with Gasteiger partial charge in [0.2, 0.25) is 5.91 Å². The number of nitrogens with one attached hydrogen (secondary N) is 1. The Kier molecular flexibility index (Phi) is 3.07. The third kappa shape index (κ3) is 2.21. The number of likely N-dealkylation sites (tertiary alicyclic amines) is 1. The molecule has 0 radical (unpaired) electrons. The molecule has 15 heavy (non-hydrogen) atoms. The molecule has 2 N–H and O–H groups in total. The first-order valence-electron chi connectivity index (χ1n) is 5.55. The minimum atomic E-state index is -0.333. The first-order chi connectivity index (χ1) is 7.18. The number of rotatable bonds is 1. The van der Waals surface area contributed by atoms with Gasteiger partial charge < -0.3 is 15.3 Å². The van der Waals surface area contributed by atoms with Gasteiger partial charge in [0, 0.05) is 31.8 Å². The molecule has 0 saturated carbocycles. The van der Waals surface area contributed by atoms with Gasteiger partial charge in [0.15, 0.2) is 0 Å². The van der Waals surface area contributed by atoms with Crippen LogP contribution in [0.1, 0.15) is 19.8 Å². The minimum Gasteiger partial charge on any atom is -0.391 e. The summed E-state index contributed by atoms with van der Waals surface area (Å²) in [4.78, 5) is 13.8. The lowest BCUT2D eigenvalue weighted by Crippen LogP contribution is -2.44. The molecule has 2 heterocycles. The van der Waals surface area contributed by atoms with Crippen molar-refractivity contribution in [3.8, 4) is 0 Å². The number of piperidine rings is 1. The first-order valence-corrected chi connectivity index (χ1v) is 5.55. The summed E-state index contributed by atoms with van der Waals surface area (Å²) in [6, 6.07) is 0. The second-order valence-electron chi connectivity index (χ2n) is 4.38. The van der Waals surface area contributed by atoms with Crippen LogP contribution in [-0.4, -0.2) is 48.2 Å².